The molecule has 0 aliphatic carbocycles. The molecule has 0 aromatic heterocycles. The van der Waals surface area contributed by atoms with E-state index in [-0.39, 0.29) is 12.3 Å². The van der Waals surface area contributed by atoms with Crippen LogP contribution in [0.25, 0.3) is 6.08 Å². The predicted molar refractivity (Wildman–Crippen MR) is 86.8 cm³/mol. The van der Waals surface area contributed by atoms with Crippen LogP contribution in [0.5, 0.6) is 0 Å². The zero-order valence-electron chi connectivity index (χ0n) is 12.0. The van der Waals surface area contributed by atoms with Crippen LogP contribution in [0, 0.1) is 0 Å². The molecule has 1 amide bonds. The second-order valence-electron chi connectivity index (χ2n) is 4.60. The van der Waals surface area contributed by atoms with Crippen molar-refractivity contribution in [3.05, 3.63) is 76.4 Å². The van der Waals surface area contributed by atoms with Gasteiger partial charge in [-0.1, -0.05) is 54.1 Å². The average Bonchev–Trinajstić information content (AvgIpc) is 2.55. The van der Waals surface area contributed by atoms with Gasteiger partial charge in [-0.05, 0) is 29.3 Å². The Morgan fingerprint density at radius 1 is 1.09 bits per heavy atom. The number of halogens is 1. The highest BCUT2D eigenvalue weighted by Crippen LogP contribution is 2.12. The van der Waals surface area contributed by atoms with E-state index in [1.807, 2.05) is 18.2 Å². The van der Waals surface area contributed by atoms with Crippen molar-refractivity contribution in [2.45, 2.75) is 6.61 Å². The van der Waals surface area contributed by atoms with E-state index in [2.05, 4.69) is 5.32 Å². The molecule has 6 heteroatoms. The number of rotatable bonds is 5. The van der Waals surface area contributed by atoms with Gasteiger partial charge in [0.1, 0.15) is 12.3 Å². The zero-order chi connectivity index (χ0) is 16.7. The SMILES string of the molecule is O=C(N/C(=C/c1ccc(Cl)cc1)C(=O)O)OCc1ccccc1. The third kappa shape index (κ3) is 5.48. The van der Waals surface area contributed by atoms with Crippen LogP contribution in [0.15, 0.2) is 60.3 Å². The van der Waals surface area contributed by atoms with Crippen molar-refractivity contribution in [1.82, 2.24) is 5.32 Å². The number of aliphatic carboxylic acids is 1. The molecule has 0 radical (unpaired) electrons. The maximum Gasteiger partial charge on any atom is 0.412 e. The third-order valence-electron chi connectivity index (χ3n) is 2.86. The molecule has 0 aliphatic rings. The Bertz CT molecular complexity index is 711. The van der Waals surface area contributed by atoms with Gasteiger partial charge in [-0.15, -0.1) is 0 Å². The summed E-state index contributed by atoms with van der Waals surface area (Å²) in [6.45, 7) is 0.0561. The molecule has 0 atom stereocenters. The monoisotopic (exact) mass is 331 g/mol. The Morgan fingerprint density at radius 2 is 1.74 bits per heavy atom. The molecular weight excluding hydrogens is 318 g/mol. The van der Waals surface area contributed by atoms with E-state index in [1.54, 1.807) is 36.4 Å². The second kappa shape index (κ2) is 8.00. The second-order valence-corrected chi connectivity index (χ2v) is 5.04. The fourth-order valence-corrected chi connectivity index (χ4v) is 1.87. The van der Waals surface area contributed by atoms with Gasteiger partial charge in [0.05, 0.1) is 0 Å². The first-order valence-corrected chi connectivity index (χ1v) is 7.10. The normalized spacial score (nSPS) is 10.9. The Balaban J connectivity index is 2.00. The number of amides is 1. The summed E-state index contributed by atoms with van der Waals surface area (Å²) in [7, 11) is 0. The molecule has 2 aromatic carbocycles. The first-order valence-electron chi connectivity index (χ1n) is 6.73. The summed E-state index contributed by atoms with van der Waals surface area (Å²) >= 11 is 5.77. The van der Waals surface area contributed by atoms with Gasteiger partial charge in [-0.3, -0.25) is 5.32 Å². The lowest BCUT2D eigenvalue weighted by molar-refractivity contribution is -0.132. The topological polar surface area (TPSA) is 75.6 Å². The maximum atomic E-state index is 11.7. The maximum absolute atomic E-state index is 11.7. The lowest BCUT2D eigenvalue weighted by Gasteiger charge is -2.08. The van der Waals surface area contributed by atoms with Crippen LogP contribution in [-0.4, -0.2) is 17.2 Å². The third-order valence-corrected chi connectivity index (χ3v) is 3.11. The van der Waals surface area contributed by atoms with Gasteiger partial charge in [0.15, 0.2) is 0 Å². The van der Waals surface area contributed by atoms with Crippen molar-refractivity contribution >= 4 is 29.7 Å². The van der Waals surface area contributed by atoms with Crippen LogP contribution in [0.2, 0.25) is 5.02 Å². The minimum Gasteiger partial charge on any atom is -0.477 e. The standard InChI is InChI=1S/C17H14ClNO4/c18-14-8-6-12(7-9-14)10-15(16(20)21)19-17(22)23-11-13-4-2-1-3-5-13/h1-10H,11H2,(H,19,22)(H,20,21)/b15-10+. The molecule has 0 saturated heterocycles. The van der Waals surface area contributed by atoms with E-state index in [9.17, 15) is 9.59 Å². The summed E-state index contributed by atoms with van der Waals surface area (Å²) in [5.41, 5.74) is 1.11. The van der Waals surface area contributed by atoms with E-state index in [1.165, 1.54) is 6.08 Å². The molecule has 23 heavy (non-hydrogen) atoms. The largest absolute Gasteiger partial charge is 0.477 e. The van der Waals surface area contributed by atoms with Gasteiger partial charge in [0.25, 0.3) is 0 Å². The van der Waals surface area contributed by atoms with Crippen molar-refractivity contribution < 1.29 is 19.4 Å². The quantitative estimate of drug-likeness (QED) is 0.819. The molecule has 0 heterocycles. The summed E-state index contributed by atoms with van der Waals surface area (Å²) in [5, 5.41) is 11.9. The molecule has 0 fully saturated rings. The summed E-state index contributed by atoms with van der Waals surface area (Å²) < 4.78 is 4.99. The molecule has 118 valence electrons. The summed E-state index contributed by atoms with van der Waals surface area (Å²) in [6.07, 6.45) is 0.485. The van der Waals surface area contributed by atoms with E-state index in [4.69, 9.17) is 21.4 Å². The van der Waals surface area contributed by atoms with Crippen LogP contribution >= 0.6 is 11.6 Å². The average molecular weight is 332 g/mol. The molecule has 0 saturated carbocycles. The zero-order valence-corrected chi connectivity index (χ0v) is 12.8. The molecule has 2 rings (SSSR count). The van der Waals surface area contributed by atoms with Gasteiger partial charge in [0, 0.05) is 5.02 Å². The first-order chi connectivity index (χ1) is 11.0. The highest BCUT2D eigenvalue weighted by atomic mass is 35.5. The Labute approximate surface area is 138 Å². The number of carbonyl (C=O) groups is 2. The molecule has 2 N–H and O–H groups in total. The number of hydrogen-bond donors (Lipinski definition) is 2. The van der Waals surface area contributed by atoms with Gasteiger partial charge in [-0.2, -0.15) is 0 Å². The number of carboxylic acids is 1. The van der Waals surface area contributed by atoms with E-state index < -0.39 is 12.1 Å². The number of carboxylic acid groups (broad SMARTS) is 1. The van der Waals surface area contributed by atoms with Crippen molar-refractivity contribution in [2.75, 3.05) is 0 Å². The van der Waals surface area contributed by atoms with Crippen LogP contribution in [0.4, 0.5) is 4.79 Å². The molecule has 0 unspecified atom stereocenters. The first kappa shape index (κ1) is 16.6. The van der Waals surface area contributed by atoms with Crippen LogP contribution < -0.4 is 5.32 Å². The summed E-state index contributed by atoms with van der Waals surface area (Å²) in [4.78, 5) is 22.9. The van der Waals surface area contributed by atoms with Gasteiger partial charge >= 0.3 is 12.1 Å². The minimum absolute atomic E-state index is 0.0561. The van der Waals surface area contributed by atoms with Crippen molar-refractivity contribution in [1.29, 1.82) is 0 Å². The summed E-state index contributed by atoms with van der Waals surface area (Å²) in [5.74, 6) is -1.27. The highest BCUT2D eigenvalue weighted by molar-refractivity contribution is 6.30. The number of alkyl carbamates (subject to hydrolysis) is 1. The lowest BCUT2D eigenvalue weighted by Crippen LogP contribution is -2.27. The molecule has 5 nitrogen and oxygen atoms in total. The van der Waals surface area contributed by atoms with Gasteiger partial charge in [-0.25, -0.2) is 9.59 Å². The number of benzene rings is 2. The molecular formula is C17H14ClNO4. The Kier molecular flexibility index (Phi) is 5.77. The van der Waals surface area contributed by atoms with E-state index in [0.717, 1.165) is 5.56 Å². The number of hydrogen-bond acceptors (Lipinski definition) is 3. The highest BCUT2D eigenvalue weighted by Gasteiger charge is 2.12. The number of ether oxygens (including phenoxy) is 1. The fourth-order valence-electron chi connectivity index (χ4n) is 1.75. The Hall–Kier alpha value is -2.79. The van der Waals surface area contributed by atoms with Gasteiger partial charge < -0.3 is 9.84 Å². The van der Waals surface area contributed by atoms with Crippen molar-refractivity contribution in [3.63, 3.8) is 0 Å². The van der Waals surface area contributed by atoms with Crippen LogP contribution in [-0.2, 0) is 16.1 Å². The lowest BCUT2D eigenvalue weighted by atomic mass is 10.2. The van der Waals surface area contributed by atoms with Crippen LogP contribution in [0.1, 0.15) is 11.1 Å². The molecule has 0 bridgehead atoms. The van der Waals surface area contributed by atoms with Crippen molar-refractivity contribution in [3.8, 4) is 0 Å². The fraction of sp³-hybridized carbons (Fsp3) is 0.0588. The number of nitrogens with one attached hydrogen (secondary N) is 1. The van der Waals surface area contributed by atoms with Crippen LogP contribution in [0.3, 0.4) is 0 Å². The predicted octanol–water partition coefficient (Wildman–Crippen LogP) is 3.69. The van der Waals surface area contributed by atoms with E-state index >= 15 is 0 Å². The van der Waals surface area contributed by atoms with Gasteiger partial charge in [0.2, 0.25) is 0 Å². The number of carbonyl (C=O) groups excluding carboxylic acids is 1. The minimum atomic E-state index is -1.27. The smallest absolute Gasteiger partial charge is 0.412 e. The summed E-state index contributed by atoms with van der Waals surface area (Å²) in [6, 6.07) is 15.6. The molecule has 2 aromatic rings. The van der Waals surface area contributed by atoms with Crippen molar-refractivity contribution in [2.24, 2.45) is 0 Å². The Morgan fingerprint density at radius 3 is 2.35 bits per heavy atom. The molecule has 0 spiro atoms. The molecule has 0 aliphatic heterocycles. The van der Waals surface area contributed by atoms with E-state index in [0.29, 0.717) is 10.6 Å².